The maximum atomic E-state index is 5.49. The molecule has 2 unspecified atom stereocenters. The molecule has 0 saturated heterocycles. The molecule has 1 aromatic heterocycles. The van der Waals surface area contributed by atoms with Crippen LogP contribution >= 0.6 is 11.3 Å². The van der Waals surface area contributed by atoms with E-state index in [2.05, 4.69) is 31.1 Å². The van der Waals surface area contributed by atoms with Gasteiger partial charge in [-0.05, 0) is 27.3 Å². The zero-order valence-corrected chi connectivity index (χ0v) is 11.6. The highest BCUT2D eigenvalue weighted by Gasteiger charge is 2.18. The fourth-order valence-electron chi connectivity index (χ4n) is 1.70. The van der Waals surface area contributed by atoms with Gasteiger partial charge < -0.3 is 10.1 Å². The van der Waals surface area contributed by atoms with Crippen molar-refractivity contribution in [1.29, 1.82) is 0 Å². The molecule has 0 radical (unpaired) electrons. The first-order valence-corrected chi connectivity index (χ1v) is 6.62. The second-order valence-electron chi connectivity index (χ2n) is 4.03. The Bertz CT molecular complexity index is 325. The van der Waals surface area contributed by atoms with Crippen LogP contribution in [0, 0.1) is 6.92 Å². The largest absolute Gasteiger partial charge is 0.374 e. The second kappa shape index (κ2) is 6.33. The lowest BCUT2D eigenvalue weighted by atomic mass is 10.2. The van der Waals surface area contributed by atoms with Gasteiger partial charge in [-0.3, -0.25) is 0 Å². The normalized spacial score (nSPS) is 15.1. The first-order chi connectivity index (χ1) is 7.63. The highest BCUT2D eigenvalue weighted by atomic mass is 32.1. The van der Waals surface area contributed by atoms with E-state index in [9.17, 15) is 0 Å². The smallest absolute Gasteiger partial charge is 0.122 e. The van der Waals surface area contributed by atoms with E-state index in [1.165, 1.54) is 4.88 Å². The van der Waals surface area contributed by atoms with Crippen molar-refractivity contribution < 1.29 is 4.74 Å². The summed E-state index contributed by atoms with van der Waals surface area (Å²) in [7, 11) is 3.74. The summed E-state index contributed by atoms with van der Waals surface area (Å²) >= 11 is 1.77. The molecule has 2 atom stereocenters. The minimum Gasteiger partial charge on any atom is -0.374 e. The summed E-state index contributed by atoms with van der Waals surface area (Å²) in [5.41, 5.74) is 1.13. The van der Waals surface area contributed by atoms with Gasteiger partial charge in [0.2, 0.25) is 0 Å². The first kappa shape index (κ1) is 13.6. The number of ether oxygens (including phenoxy) is 1. The quantitative estimate of drug-likeness (QED) is 0.831. The number of thiazole rings is 1. The van der Waals surface area contributed by atoms with Crippen molar-refractivity contribution in [1.82, 2.24) is 10.3 Å². The summed E-state index contributed by atoms with van der Waals surface area (Å²) in [6, 6.07) is 0.366. The predicted octanol–water partition coefficient (Wildman–Crippen LogP) is 3.22. The molecule has 1 heterocycles. The number of methoxy groups -OCH3 is 1. The van der Waals surface area contributed by atoms with Crippen LogP contribution in [-0.2, 0) is 4.74 Å². The van der Waals surface area contributed by atoms with E-state index in [0.717, 1.165) is 23.5 Å². The maximum Gasteiger partial charge on any atom is 0.122 e. The lowest BCUT2D eigenvalue weighted by molar-refractivity contribution is 0.0947. The van der Waals surface area contributed by atoms with Gasteiger partial charge >= 0.3 is 0 Å². The van der Waals surface area contributed by atoms with E-state index in [0.29, 0.717) is 6.04 Å². The van der Waals surface area contributed by atoms with E-state index < -0.39 is 0 Å². The molecule has 0 spiro atoms. The van der Waals surface area contributed by atoms with Gasteiger partial charge in [0.1, 0.15) is 11.1 Å². The Labute approximate surface area is 102 Å². The Kier molecular flexibility index (Phi) is 5.38. The van der Waals surface area contributed by atoms with Crippen LogP contribution in [0.1, 0.15) is 54.4 Å². The Morgan fingerprint density at radius 2 is 2.19 bits per heavy atom. The summed E-state index contributed by atoms with van der Waals surface area (Å²) in [4.78, 5) is 5.94. The Balaban J connectivity index is 2.89. The summed E-state index contributed by atoms with van der Waals surface area (Å²) in [6.45, 7) is 6.40. The topological polar surface area (TPSA) is 34.1 Å². The zero-order valence-electron chi connectivity index (χ0n) is 10.8. The second-order valence-corrected chi connectivity index (χ2v) is 5.09. The molecule has 0 amide bonds. The zero-order chi connectivity index (χ0) is 12.1. The van der Waals surface area contributed by atoms with Crippen molar-refractivity contribution in [3.63, 3.8) is 0 Å². The van der Waals surface area contributed by atoms with Crippen LogP contribution in [0.25, 0.3) is 0 Å². The number of aryl methyl sites for hydroxylation is 1. The molecule has 1 N–H and O–H groups in total. The monoisotopic (exact) mass is 242 g/mol. The number of hydrogen-bond donors (Lipinski definition) is 1. The van der Waals surface area contributed by atoms with Gasteiger partial charge in [0.05, 0.1) is 5.69 Å². The summed E-state index contributed by atoms with van der Waals surface area (Å²) in [5, 5.41) is 4.36. The molecule has 4 heteroatoms. The fourth-order valence-corrected chi connectivity index (χ4v) is 2.95. The Morgan fingerprint density at radius 3 is 2.69 bits per heavy atom. The van der Waals surface area contributed by atoms with Crippen LogP contribution in [0.2, 0.25) is 0 Å². The van der Waals surface area contributed by atoms with Gasteiger partial charge in [0.15, 0.2) is 0 Å². The molecule has 0 bridgehead atoms. The summed E-state index contributed by atoms with van der Waals surface area (Å²) in [5.74, 6) is 0. The van der Waals surface area contributed by atoms with Crippen molar-refractivity contribution >= 4 is 11.3 Å². The van der Waals surface area contributed by atoms with Crippen LogP contribution < -0.4 is 5.32 Å². The minimum absolute atomic E-state index is 0.159. The molecule has 92 valence electrons. The third-order valence-corrected chi connectivity index (χ3v) is 4.22. The van der Waals surface area contributed by atoms with Crippen LogP contribution in [0.5, 0.6) is 0 Å². The Morgan fingerprint density at radius 1 is 1.50 bits per heavy atom. The van der Waals surface area contributed by atoms with E-state index in [1.807, 2.05) is 7.05 Å². The molecule has 0 aromatic carbocycles. The highest BCUT2D eigenvalue weighted by Crippen LogP contribution is 2.31. The molecule has 1 aromatic rings. The van der Waals surface area contributed by atoms with Crippen molar-refractivity contribution in [2.75, 3.05) is 14.2 Å². The van der Waals surface area contributed by atoms with Crippen molar-refractivity contribution in [3.05, 3.63) is 15.6 Å². The standard InChI is InChI=1S/C12H22N2OS/c1-6-7-10(15-5)12-14-9(3)11(16-12)8(2)13-4/h8,10,13H,6-7H2,1-5H3. The van der Waals surface area contributed by atoms with Gasteiger partial charge in [-0.1, -0.05) is 13.3 Å². The van der Waals surface area contributed by atoms with Gasteiger partial charge in [-0.15, -0.1) is 11.3 Å². The van der Waals surface area contributed by atoms with Crippen LogP contribution in [0.3, 0.4) is 0 Å². The van der Waals surface area contributed by atoms with Gasteiger partial charge in [-0.25, -0.2) is 4.98 Å². The van der Waals surface area contributed by atoms with Gasteiger partial charge in [0, 0.05) is 18.0 Å². The molecule has 0 fully saturated rings. The van der Waals surface area contributed by atoms with E-state index in [4.69, 9.17) is 4.74 Å². The molecular formula is C12H22N2OS. The van der Waals surface area contributed by atoms with E-state index in [1.54, 1.807) is 18.4 Å². The van der Waals surface area contributed by atoms with Crippen molar-refractivity contribution in [3.8, 4) is 0 Å². The third kappa shape index (κ3) is 3.03. The molecule has 16 heavy (non-hydrogen) atoms. The van der Waals surface area contributed by atoms with Gasteiger partial charge in [0.25, 0.3) is 0 Å². The third-order valence-electron chi connectivity index (χ3n) is 2.79. The maximum absolute atomic E-state index is 5.49. The van der Waals surface area contributed by atoms with Crippen LogP contribution in [0.4, 0.5) is 0 Å². The predicted molar refractivity (Wildman–Crippen MR) is 69.0 cm³/mol. The molecule has 0 saturated carbocycles. The van der Waals surface area contributed by atoms with E-state index >= 15 is 0 Å². The number of rotatable bonds is 6. The summed E-state index contributed by atoms with van der Waals surface area (Å²) < 4.78 is 5.49. The Hall–Kier alpha value is -0.450. The highest BCUT2D eigenvalue weighted by molar-refractivity contribution is 7.11. The summed E-state index contributed by atoms with van der Waals surface area (Å²) in [6.07, 6.45) is 2.32. The molecule has 3 nitrogen and oxygen atoms in total. The number of nitrogens with zero attached hydrogens (tertiary/aromatic N) is 1. The SMILES string of the molecule is CCCC(OC)c1nc(C)c(C(C)NC)s1. The fraction of sp³-hybridized carbons (Fsp3) is 0.750. The van der Waals surface area contributed by atoms with Crippen LogP contribution in [0.15, 0.2) is 0 Å². The minimum atomic E-state index is 0.159. The average Bonchev–Trinajstić information content (AvgIpc) is 2.67. The van der Waals surface area contributed by atoms with Gasteiger partial charge in [-0.2, -0.15) is 0 Å². The number of nitrogens with one attached hydrogen (secondary N) is 1. The van der Waals surface area contributed by atoms with E-state index in [-0.39, 0.29) is 6.10 Å². The number of hydrogen-bond acceptors (Lipinski definition) is 4. The van der Waals surface area contributed by atoms with Crippen molar-refractivity contribution in [2.24, 2.45) is 0 Å². The molecule has 1 rings (SSSR count). The lowest BCUT2D eigenvalue weighted by Crippen LogP contribution is -2.11. The van der Waals surface area contributed by atoms with Crippen LogP contribution in [-0.4, -0.2) is 19.1 Å². The lowest BCUT2D eigenvalue weighted by Gasteiger charge is -2.10. The molecule has 0 aliphatic rings. The van der Waals surface area contributed by atoms with Crippen molar-refractivity contribution in [2.45, 2.75) is 45.8 Å². The number of aromatic nitrogens is 1. The molecule has 0 aliphatic heterocycles. The average molecular weight is 242 g/mol. The first-order valence-electron chi connectivity index (χ1n) is 5.81. The molecule has 0 aliphatic carbocycles. The molecular weight excluding hydrogens is 220 g/mol.